The highest BCUT2D eigenvalue weighted by molar-refractivity contribution is 6.05. The summed E-state index contributed by atoms with van der Waals surface area (Å²) in [6, 6.07) is 15.5. The second-order valence-corrected chi connectivity index (χ2v) is 5.08. The van der Waals surface area contributed by atoms with Crippen LogP contribution in [0.3, 0.4) is 0 Å². The van der Waals surface area contributed by atoms with E-state index in [9.17, 15) is 14.4 Å². The third-order valence-corrected chi connectivity index (χ3v) is 3.37. The summed E-state index contributed by atoms with van der Waals surface area (Å²) in [5.41, 5.74) is 4.75. The summed E-state index contributed by atoms with van der Waals surface area (Å²) in [4.78, 5) is 36.0. The number of nitrogens with one attached hydrogen (secondary N) is 2. The Morgan fingerprint density at radius 1 is 0.917 bits per heavy atom. The molecule has 24 heavy (non-hydrogen) atoms. The predicted octanol–water partition coefficient (Wildman–Crippen LogP) is 1.17. The van der Waals surface area contributed by atoms with Gasteiger partial charge in [0.15, 0.2) is 5.69 Å². The lowest BCUT2D eigenvalue weighted by Crippen LogP contribution is -2.41. The summed E-state index contributed by atoms with van der Waals surface area (Å²) in [6.07, 6.45) is 0. The molecule has 0 saturated carbocycles. The zero-order valence-corrected chi connectivity index (χ0v) is 12.8. The second kappa shape index (κ2) is 6.33. The van der Waals surface area contributed by atoms with E-state index in [0.717, 1.165) is 0 Å². The fraction of sp³-hybridized carbons (Fsp3) is 0.0588. The van der Waals surface area contributed by atoms with Crippen LogP contribution in [-0.4, -0.2) is 21.6 Å². The van der Waals surface area contributed by atoms with Crippen molar-refractivity contribution in [3.8, 4) is 5.69 Å². The van der Waals surface area contributed by atoms with Crippen LogP contribution in [0.15, 0.2) is 59.4 Å². The molecule has 7 heteroatoms. The summed E-state index contributed by atoms with van der Waals surface area (Å²) in [7, 11) is 0. The molecule has 1 aromatic heterocycles. The minimum Gasteiger partial charge on any atom is -0.274 e. The smallest absolute Gasteiger partial charge is 0.274 e. The number of carbonyl (C=O) groups excluding carboxylic acids is 2. The minimum absolute atomic E-state index is 0.0443. The molecule has 7 nitrogen and oxygen atoms in total. The van der Waals surface area contributed by atoms with E-state index in [1.54, 1.807) is 48.5 Å². The minimum atomic E-state index is -0.605. The second-order valence-electron chi connectivity index (χ2n) is 5.08. The molecule has 0 aliphatic heterocycles. The van der Waals surface area contributed by atoms with Crippen molar-refractivity contribution in [1.29, 1.82) is 0 Å². The maximum atomic E-state index is 12.7. The number of fused-ring (bicyclic) bond motifs is 1. The molecule has 2 amide bonds. The number of rotatable bonds is 2. The number of para-hydroxylation sites is 1. The summed E-state index contributed by atoms with van der Waals surface area (Å²) < 4.78 is 1.17. The van der Waals surface area contributed by atoms with E-state index in [-0.39, 0.29) is 11.3 Å². The number of nitrogens with zero attached hydrogens (tertiary/aromatic N) is 2. The summed E-state index contributed by atoms with van der Waals surface area (Å²) in [5, 5.41) is 4.97. The van der Waals surface area contributed by atoms with Crippen molar-refractivity contribution < 1.29 is 9.59 Å². The highest BCUT2D eigenvalue weighted by Crippen LogP contribution is 2.14. The molecule has 1 heterocycles. The molecule has 0 aliphatic carbocycles. The van der Waals surface area contributed by atoms with Crippen molar-refractivity contribution in [2.24, 2.45) is 0 Å². The monoisotopic (exact) mass is 322 g/mol. The van der Waals surface area contributed by atoms with Crippen LogP contribution >= 0.6 is 0 Å². The molecule has 120 valence electrons. The third kappa shape index (κ3) is 2.87. The molecule has 0 saturated heterocycles. The topological polar surface area (TPSA) is 93.1 Å². The number of amides is 2. The van der Waals surface area contributed by atoms with Crippen molar-refractivity contribution in [3.05, 3.63) is 70.6 Å². The van der Waals surface area contributed by atoms with Gasteiger partial charge in [-0.05, 0) is 18.2 Å². The van der Waals surface area contributed by atoms with Gasteiger partial charge in [0, 0.05) is 12.3 Å². The molecule has 3 aromatic rings. The molecule has 0 spiro atoms. The van der Waals surface area contributed by atoms with Gasteiger partial charge in [0.05, 0.1) is 11.1 Å². The first-order valence-electron chi connectivity index (χ1n) is 7.22. The lowest BCUT2D eigenvalue weighted by molar-refractivity contribution is -0.119. The molecule has 0 fully saturated rings. The van der Waals surface area contributed by atoms with Crippen LogP contribution in [0, 0.1) is 0 Å². The van der Waals surface area contributed by atoms with E-state index >= 15 is 0 Å². The first kappa shape index (κ1) is 15.4. The van der Waals surface area contributed by atoms with Crippen LogP contribution in [0.2, 0.25) is 0 Å². The van der Waals surface area contributed by atoms with Gasteiger partial charge in [-0.1, -0.05) is 36.4 Å². The molecular formula is C17H14N4O3. The number of carbonyl (C=O) groups is 2. The number of hydrazine groups is 1. The van der Waals surface area contributed by atoms with E-state index in [0.29, 0.717) is 16.5 Å². The Kier molecular flexibility index (Phi) is 4.07. The van der Waals surface area contributed by atoms with Gasteiger partial charge in [0.1, 0.15) is 0 Å². The largest absolute Gasteiger partial charge is 0.290 e. The van der Waals surface area contributed by atoms with Crippen LogP contribution in [0.25, 0.3) is 16.5 Å². The number of aromatic nitrogens is 2. The molecule has 0 aliphatic rings. The van der Waals surface area contributed by atoms with Crippen molar-refractivity contribution in [3.63, 3.8) is 0 Å². The van der Waals surface area contributed by atoms with Gasteiger partial charge in [0.25, 0.3) is 11.5 Å². The summed E-state index contributed by atoms with van der Waals surface area (Å²) in [5.74, 6) is -1.02. The lowest BCUT2D eigenvalue weighted by atomic mass is 10.1. The average molecular weight is 322 g/mol. The molecule has 0 atom stereocenters. The Labute approximate surface area is 136 Å². The Hall–Kier alpha value is -3.48. The number of hydrogen-bond acceptors (Lipinski definition) is 4. The predicted molar refractivity (Wildman–Crippen MR) is 88.6 cm³/mol. The van der Waals surface area contributed by atoms with Crippen molar-refractivity contribution in [2.45, 2.75) is 6.92 Å². The molecule has 2 aromatic carbocycles. The summed E-state index contributed by atoms with van der Waals surface area (Å²) in [6.45, 7) is 1.27. The van der Waals surface area contributed by atoms with Gasteiger partial charge < -0.3 is 0 Å². The maximum absolute atomic E-state index is 12.7. The molecule has 3 rings (SSSR count). The fourth-order valence-corrected chi connectivity index (χ4v) is 2.31. The van der Waals surface area contributed by atoms with Gasteiger partial charge in [-0.25, -0.2) is 0 Å². The van der Waals surface area contributed by atoms with Gasteiger partial charge in [-0.3, -0.25) is 25.2 Å². The maximum Gasteiger partial charge on any atom is 0.290 e. The van der Waals surface area contributed by atoms with Crippen molar-refractivity contribution in [1.82, 2.24) is 20.6 Å². The normalized spacial score (nSPS) is 10.4. The fourth-order valence-electron chi connectivity index (χ4n) is 2.31. The Morgan fingerprint density at radius 3 is 2.21 bits per heavy atom. The molecule has 0 bridgehead atoms. The first-order valence-corrected chi connectivity index (χ1v) is 7.22. The highest BCUT2D eigenvalue weighted by Gasteiger charge is 2.17. The zero-order valence-electron chi connectivity index (χ0n) is 12.8. The number of benzene rings is 2. The van der Waals surface area contributed by atoms with E-state index in [2.05, 4.69) is 16.0 Å². The lowest BCUT2D eigenvalue weighted by Gasteiger charge is -2.11. The quantitative estimate of drug-likeness (QED) is 0.693. The molecule has 0 unspecified atom stereocenters. The van der Waals surface area contributed by atoms with Gasteiger partial charge in [-0.15, -0.1) is 0 Å². The van der Waals surface area contributed by atoms with Gasteiger partial charge in [0.2, 0.25) is 5.91 Å². The van der Waals surface area contributed by atoms with E-state index in [1.807, 2.05) is 6.07 Å². The van der Waals surface area contributed by atoms with Gasteiger partial charge in [-0.2, -0.15) is 9.78 Å². The standard InChI is InChI=1S/C17H14N4O3/c1-11(22)18-19-16(23)15-13-9-5-6-10-14(13)17(24)21(20-15)12-7-3-2-4-8-12/h2-10H,1H3,(H,18,22)(H,19,23). The third-order valence-electron chi connectivity index (χ3n) is 3.37. The van der Waals surface area contributed by atoms with E-state index in [1.165, 1.54) is 11.6 Å². The van der Waals surface area contributed by atoms with Crippen LogP contribution < -0.4 is 16.4 Å². The Morgan fingerprint density at radius 2 is 1.54 bits per heavy atom. The Balaban J connectivity index is 2.21. The molecule has 2 N–H and O–H groups in total. The SMILES string of the molecule is CC(=O)NNC(=O)c1nn(-c2ccccc2)c(=O)c2ccccc12. The van der Waals surface area contributed by atoms with Crippen molar-refractivity contribution >= 4 is 22.6 Å². The summed E-state index contributed by atoms with van der Waals surface area (Å²) >= 11 is 0. The number of hydrogen-bond donors (Lipinski definition) is 2. The van der Waals surface area contributed by atoms with Crippen LogP contribution in [0.4, 0.5) is 0 Å². The zero-order chi connectivity index (χ0) is 17.1. The first-order chi connectivity index (χ1) is 11.6. The molecular weight excluding hydrogens is 308 g/mol. The molecule has 0 radical (unpaired) electrons. The van der Waals surface area contributed by atoms with Gasteiger partial charge >= 0.3 is 0 Å². The van der Waals surface area contributed by atoms with Crippen LogP contribution in [0.5, 0.6) is 0 Å². The van der Waals surface area contributed by atoms with E-state index in [4.69, 9.17) is 0 Å². The Bertz CT molecular complexity index is 980. The highest BCUT2D eigenvalue weighted by atomic mass is 16.2. The van der Waals surface area contributed by atoms with Crippen LogP contribution in [-0.2, 0) is 4.79 Å². The average Bonchev–Trinajstić information content (AvgIpc) is 2.61. The van der Waals surface area contributed by atoms with E-state index < -0.39 is 11.8 Å². The van der Waals surface area contributed by atoms with Crippen LogP contribution in [0.1, 0.15) is 17.4 Å². The van der Waals surface area contributed by atoms with Crippen molar-refractivity contribution in [2.75, 3.05) is 0 Å².